The van der Waals surface area contributed by atoms with Gasteiger partial charge in [0.25, 0.3) is 0 Å². The second-order valence-electron chi connectivity index (χ2n) is 4.52. The highest BCUT2D eigenvalue weighted by atomic mass is 14.9. The molecule has 1 nitrogen and oxygen atoms in total. The molecule has 78 valence electrons. The monoisotopic (exact) mass is 183 g/mol. The molecule has 1 fully saturated rings. The van der Waals surface area contributed by atoms with Crippen molar-refractivity contribution >= 4 is 0 Å². The smallest absolute Gasteiger partial charge is 0.00204 e. The van der Waals surface area contributed by atoms with E-state index in [1.807, 2.05) is 0 Å². The van der Waals surface area contributed by atoms with E-state index >= 15 is 0 Å². The second kappa shape index (κ2) is 6.42. The van der Waals surface area contributed by atoms with Crippen LogP contribution in [0.3, 0.4) is 0 Å². The Labute approximate surface area is 83.3 Å². The van der Waals surface area contributed by atoms with Crippen LogP contribution in [-0.2, 0) is 0 Å². The molecule has 0 aliphatic heterocycles. The van der Waals surface area contributed by atoms with Crippen LogP contribution in [0.5, 0.6) is 0 Å². The molecule has 0 heterocycles. The zero-order chi connectivity index (χ0) is 9.52. The van der Waals surface area contributed by atoms with Crippen LogP contribution in [0.2, 0.25) is 0 Å². The van der Waals surface area contributed by atoms with Gasteiger partial charge in [0.05, 0.1) is 0 Å². The van der Waals surface area contributed by atoms with Crippen LogP contribution in [0.15, 0.2) is 0 Å². The summed E-state index contributed by atoms with van der Waals surface area (Å²) in [6.07, 6.45) is 8.46. The maximum Gasteiger partial charge on any atom is -0.00204 e. The molecule has 0 saturated heterocycles. The SMILES string of the molecule is CCCCC(CC)CNCC1CC1. The van der Waals surface area contributed by atoms with Crippen LogP contribution in [0.4, 0.5) is 0 Å². The fraction of sp³-hybridized carbons (Fsp3) is 1.00. The molecule has 0 bridgehead atoms. The first-order valence-electron chi connectivity index (χ1n) is 6.07. The van der Waals surface area contributed by atoms with Crippen molar-refractivity contribution < 1.29 is 0 Å². The largest absolute Gasteiger partial charge is 0.316 e. The van der Waals surface area contributed by atoms with Crippen molar-refractivity contribution in [2.45, 2.75) is 52.4 Å². The van der Waals surface area contributed by atoms with Crippen molar-refractivity contribution in [2.75, 3.05) is 13.1 Å². The van der Waals surface area contributed by atoms with Gasteiger partial charge in [-0.15, -0.1) is 0 Å². The van der Waals surface area contributed by atoms with Crippen LogP contribution in [0, 0.1) is 11.8 Å². The van der Waals surface area contributed by atoms with Crippen molar-refractivity contribution in [3.8, 4) is 0 Å². The molecule has 0 amide bonds. The van der Waals surface area contributed by atoms with E-state index in [1.54, 1.807) is 0 Å². The lowest BCUT2D eigenvalue weighted by atomic mass is 9.99. The first-order chi connectivity index (χ1) is 6.36. The van der Waals surface area contributed by atoms with Gasteiger partial charge in [0.2, 0.25) is 0 Å². The minimum atomic E-state index is 0.929. The van der Waals surface area contributed by atoms with E-state index in [9.17, 15) is 0 Å². The van der Waals surface area contributed by atoms with Gasteiger partial charge in [-0.25, -0.2) is 0 Å². The van der Waals surface area contributed by atoms with Gasteiger partial charge in [0, 0.05) is 0 Å². The van der Waals surface area contributed by atoms with Gasteiger partial charge in [-0.1, -0.05) is 33.1 Å². The molecule has 1 saturated carbocycles. The van der Waals surface area contributed by atoms with Crippen LogP contribution in [0.1, 0.15) is 52.4 Å². The lowest BCUT2D eigenvalue weighted by Gasteiger charge is -2.14. The predicted molar refractivity (Wildman–Crippen MR) is 58.9 cm³/mol. The fourth-order valence-corrected chi connectivity index (χ4v) is 1.76. The topological polar surface area (TPSA) is 12.0 Å². The van der Waals surface area contributed by atoms with Gasteiger partial charge in [0.1, 0.15) is 0 Å². The average molecular weight is 183 g/mol. The lowest BCUT2D eigenvalue weighted by Crippen LogP contribution is -2.24. The maximum atomic E-state index is 3.61. The Kier molecular flexibility index (Phi) is 5.45. The van der Waals surface area contributed by atoms with E-state index < -0.39 is 0 Å². The minimum Gasteiger partial charge on any atom is -0.316 e. The summed E-state index contributed by atoms with van der Waals surface area (Å²) in [7, 11) is 0. The zero-order valence-electron chi connectivity index (χ0n) is 9.31. The molecule has 0 aromatic heterocycles. The van der Waals surface area contributed by atoms with Crippen molar-refractivity contribution in [3.63, 3.8) is 0 Å². The van der Waals surface area contributed by atoms with Crippen molar-refractivity contribution in [1.82, 2.24) is 5.32 Å². The summed E-state index contributed by atoms with van der Waals surface area (Å²) in [4.78, 5) is 0. The van der Waals surface area contributed by atoms with Crippen molar-refractivity contribution in [1.29, 1.82) is 0 Å². The minimum absolute atomic E-state index is 0.929. The molecule has 1 heteroatoms. The fourth-order valence-electron chi connectivity index (χ4n) is 1.76. The molecule has 1 aliphatic rings. The molecule has 0 radical (unpaired) electrons. The lowest BCUT2D eigenvalue weighted by molar-refractivity contribution is 0.416. The Morgan fingerprint density at radius 2 is 2.08 bits per heavy atom. The highest BCUT2D eigenvalue weighted by Gasteiger charge is 2.20. The van der Waals surface area contributed by atoms with Gasteiger partial charge in [-0.05, 0) is 44.2 Å². The number of rotatable bonds is 8. The third kappa shape index (κ3) is 5.30. The molecule has 0 aromatic carbocycles. The Morgan fingerprint density at radius 1 is 1.31 bits per heavy atom. The summed E-state index contributed by atoms with van der Waals surface area (Å²) in [5.41, 5.74) is 0. The molecule has 0 aromatic rings. The number of hydrogen-bond donors (Lipinski definition) is 1. The molecule has 1 atom stereocenters. The summed E-state index contributed by atoms with van der Waals surface area (Å²) in [6, 6.07) is 0. The first kappa shape index (κ1) is 11.0. The summed E-state index contributed by atoms with van der Waals surface area (Å²) in [5.74, 6) is 1.96. The molecule has 0 spiro atoms. The quantitative estimate of drug-likeness (QED) is 0.609. The van der Waals surface area contributed by atoms with Gasteiger partial charge in [-0.3, -0.25) is 0 Å². The first-order valence-corrected chi connectivity index (χ1v) is 6.07. The van der Waals surface area contributed by atoms with Gasteiger partial charge in [-0.2, -0.15) is 0 Å². The summed E-state index contributed by atoms with van der Waals surface area (Å²) in [5, 5.41) is 3.61. The molecule has 1 aliphatic carbocycles. The van der Waals surface area contributed by atoms with Gasteiger partial charge < -0.3 is 5.32 Å². The molecule has 1 unspecified atom stereocenters. The third-order valence-corrected chi connectivity index (χ3v) is 3.11. The standard InChI is InChI=1S/C12H25N/c1-3-5-6-11(4-2)9-13-10-12-7-8-12/h11-13H,3-10H2,1-2H3. The van der Waals surface area contributed by atoms with E-state index in [2.05, 4.69) is 19.2 Å². The molecule has 1 N–H and O–H groups in total. The van der Waals surface area contributed by atoms with E-state index in [1.165, 1.54) is 51.6 Å². The Bertz CT molecular complexity index is 118. The highest BCUT2D eigenvalue weighted by molar-refractivity contribution is 4.75. The highest BCUT2D eigenvalue weighted by Crippen LogP contribution is 2.27. The molecule has 1 rings (SSSR count). The molecular formula is C12H25N. The van der Waals surface area contributed by atoms with Crippen LogP contribution in [-0.4, -0.2) is 13.1 Å². The van der Waals surface area contributed by atoms with Crippen LogP contribution >= 0.6 is 0 Å². The predicted octanol–water partition coefficient (Wildman–Crippen LogP) is 3.20. The van der Waals surface area contributed by atoms with Crippen molar-refractivity contribution in [2.24, 2.45) is 11.8 Å². The van der Waals surface area contributed by atoms with Crippen molar-refractivity contribution in [3.05, 3.63) is 0 Å². The number of nitrogens with one attached hydrogen (secondary N) is 1. The molecule has 13 heavy (non-hydrogen) atoms. The Balaban J connectivity index is 1.93. The summed E-state index contributed by atoms with van der Waals surface area (Å²) >= 11 is 0. The molecular weight excluding hydrogens is 158 g/mol. The van der Waals surface area contributed by atoms with E-state index in [4.69, 9.17) is 0 Å². The van der Waals surface area contributed by atoms with Crippen LogP contribution < -0.4 is 5.32 Å². The number of unbranched alkanes of at least 4 members (excludes halogenated alkanes) is 1. The van der Waals surface area contributed by atoms with E-state index in [-0.39, 0.29) is 0 Å². The Hall–Kier alpha value is -0.0400. The second-order valence-corrected chi connectivity index (χ2v) is 4.52. The van der Waals surface area contributed by atoms with E-state index in [0.29, 0.717) is 0 Å². The average Bonchev–Trinajstić information content (AvgIpc) is 2.94. The van der Waals surface area contributed by atoms with Gasteiger partial charge in [0.15, 0.2) is 0 Å². The summed E-state index contributed by atoms with van der Waals surface area (Å²) in [6.45, 7) is 7.14. The zero-order valence-corrected chi connectivity index (χ0v) is 9.31. The Morgan fingerprint density at radius 3 is 2.62 bits per heavy atom. The third-order valence-electron chi connectivity index (χ3n) is 3.11. The number of hydrogen-bond acceptors (Lipinski definition) is 1. The maximum absolute atomic E-state index is 3.61. The van der Waals surface area contributed by atoms with Gasteiger partial charge >= 0.3 is 0 Å². The van der Waals surface area contributed by atoms with Crippen LogP contribution in [0.25, 0.3) is 0 Å². The van der Waals surface area contributed by atoms with E-state index in [0.717, 1.165) is 11.8 Å². The normalized spacial score (nSPS) is 18.9. The summed E-state index contributed by atoms with van der Waals surface area (Å²) < 4.78 is 0.